The predicted molar refractivity (Wildman–Crippen MR) is 89.1 cm³/mol. The van der Waals surface area contributed by atoms with Crippen LogP contribution in [0, 0.1) is 0 Å². The maximum atomic E-state index is 10.0. The molecule has 0 amide bonds. The van der Waals surface area contributed by atoms with E-state index in [0.717, 1.165) is 6.42 Å². The number of aromatic nitrogens is 4. The topological polar surface area (TPSA) is 108 Å². The first-order chi connectivity index (χ1) is 11.7. The van der Waals surface area contributed by atoms with Gasteiger partial charge in [0.25, 0.3) is 0 Å². The predicted octanol–water partition coefficient (Wildman–Crippen LogP) is 1.21. The average molecular weight is 331 g/mol. The van der Waals surface area contributed by atoms with E-state index in [4.69, 9.17) is 15.2 Å². The molecule has 1 aliphatic rings. The Morgan fingerprint density at radius 1 is 1.33 bits per heavy atom. The lowest BCUT2D eigenvalue weighted by molar-refractivity contribution is -0.0861. The molecule has 0 saturated carbocycles. The Kier molecular flexibility index (Phi) is 5.19. The molecule has 2 heterocycles. The number of allylic oxidation sites excluding steroid dienone is 3. The zero-order valence-electron chi connectivity index (χ0n) is 13.5. The second-order valence-corrected chi connectivity index (χ2v) is 5.59. The summed E-state index contributed by atoms with van der Waals surface area (Å²) in [6.45, 7) is 3.02. The first-order valence-electron chi connectivity index (χ1n) is 7.82. The van der Waals surface area contributed by atoms with Crippen LogP contribution in [0.3, 0.4) is 0 Å². The van der Waals surface area contributed by atoms with Gasteiger partial charge in [-0.05, 0) is 18.9 Å². The van der Waals surface area contributed by atoms with Crippen LogP contribution in [-0.4, -0.2) is 50.6 Å². The summed E-state index contributed by atoms with van der Waals surface area (Å²) in [7, 11) is 0. The van der Waals surface area contributed by atoms with Gasteiger partial charge < -0.3 is 20.3 Å². The Bertz CT molecular complexity index is 753. The van der Waals surface area contributed by atoms with Gasteiger partial charge in [0.15, 0.2) is 17.7 Å². The van der Waals surface area contributed by atoms with Crippen molar-refractivity contribution in [2.75, 3.05) is 25.6 Å². The number of aliphatic hydroxyl groups is 1. The summed E-state index contributed by atoms with van der Waals surface area (Å²) in [4.78, 5) is 12.3. The van der Waals surface area contributed by atoms with Gasteiger partial charge in [0, 0.05) is 0 Å². The molecule has 2 atom stereocenters. The van der Waals surface area contributed by atoms with Gasteiger partial charge in [-0.2, -0.15) is 0 Å². The van der Waals surface area contributed by atoms with Crippen LogP contribution in [0.15, 0.2) is 36.5 Å². The van der Waals surface area contributed by atoms with Crippen molar-refractivity contribution in [3.05, 3.63) is 36.5 Å². The molecule has 0 aromatic carbocycles. The van der Waals surface area contributed by atoms with Crippen molar-refractivity contribution < 1.29 is 14.6 Å². The van der Waals surface area contributed by atoms with Gasteiger partial charge in [-0.25, -0.2) is 15.0 Å². The summed E-state index contributed by atoms with van der Waals surface area (Å²) < 4.78 is 13.0. The van der Waals surface area contributed by atoms with Crippen LogP contribution in [0.4, 0.5) is 5.82 Å². The van der Waals surface area contributed by atoms with Crippen molar-refractivity contribution in [2.45, 2.75) is 25.7 Å². The summed E-state index contributed by atoms with van der Waals surface area (Å²) in [6, 6.07) is 0. The number of rotatable bonds is 8. The SMILES string of the molecule is CC(O)[C@H](OCCOCC1=CC=CC1)n1cnc2c(N)ncnc21. The Morgan fingerprint density at radius 3 is 2.96 bits per heavy atom. The van der Waals surface area contributed by atoms with Gasteiger partial charge in [0.1, 0.15) is 11.8 Å². The van der Waals surface area contributed by atoms with Crippen molar-refractivity contribution in [3.8, 4) is 0 Å². The zero-order chi connectivity index (χ0) is 16.9. The molecule has 0 fully saturated rings. The van der Waals surface area contributed by atoms with Crippen molar-refractivity contribution >= 4 is 17.0 Å². The average Bonchev–Trinajstić information content (AvgIpc) is 3.21. The van der Waals surface area contributed by atoms with Crippen molar-refractivity contribution in [2.24, 2.45) is 0 Å². The Labute approximate surface area is 139 Å². The number of hydrogen-bond acceptors (Lipinski definition) is 7. The third-order valence-electron chi connectivity index (χ3n) is 3.73. The third kappa shape index (κ3) is 3.61. The molecule has 24 heavy (non-hydrogen) atoms. The molecule has 0 radical (unpaired) electrons. The Hall–Kier alpha value is -2.29. The highest BCUT2D eigenvalue weighted by atomic mass is 16.5. The highest BCUT2D eigenvalue weighted by Crippen LogP contribution is 2.22. The zero-order valence-corrected chi connectivity index (χ0v) is 13.5. The molecule has 0 saturated heterocycles. The number of anilines is 1. The number of hydrogen-bond donors (Lipinski definition) is 2. The number of aliphatic hydroxyl groups excluding tert-OH is 1. The summed E-state index contributed by atoms with van der Waals surface area (Å²) in [5, 5.41) is 10.0. The standard InChI is InChI=1S/C16H21N5O3/c1-11(22)16(24-7-6-23-8-12-4-2-3-5-12)21-10-20-13-14(17)18-9-19-15(13)21/h2-4,9-11,16,22H,5-8H2,1H3,(H2,17,18,19)/t11?,16-/m0/s1. The lowest BCUT2D eigenvalue weighted by Crippen LogP contribution is -2.25. The van der Waals surface area contributed by atoms with Crippen molar-refractivity contribution in [3.63, 3.8) is 0 Å². The first-order valence-corrected chi connectivity index (χ1v) is 7.82. The number of nitrogens with two attached hydrogens (primary N) is 1. The van der Waals surface area contributed by atoms with Gasteiger partial charge in [0.05, 0.1) is 32.3 Å². The fourth-order valence-corrected chi connectivity index (χ4v) is 2.54. The lowest BCUT2D eigenvalue weighted by atomic mass is 10.2. The van der Waals surface area contributed by atoms with Crippen molar-refractivity contribution in [1.82, 2.24) is 19.5 Å². The molecule has 8 heteroatoms. The third-order valence-corrected chi connectivity index (χ3v) is 3.73. The van der Waals surface area contributed by atoms with Crippen LogP contribution < -0.4 is 5.73 Å². The van der Waals surface area contributed by atoms with Gasteiger partial charge in [-0.15, -0.1) is 0 Å². The van der Waals surface area contributed by atoms with Crippen LogP contribution in [-0.2, 0) is 9.47 Å². The molecular weight excluding hydrogens is 310 g/mol. The Morgan fingerprint density at radius 2 is 2.21 bits per heavy atom. The van der Waals surface area contributed by atoms with E-state index < -0.39 is 12.3 Å². The van der Waals surface area contributed by atoms with Gasteiger partial charge in [0.2, 0.25) is 0 Å². The summed E-state index contributed by atoms with van der Waals surface area (Å²) >= 11 is 0. The molecule has 0 aliphatic heterocycles. The Balaban J connectivity index is 1.59. The van der Waals surface area contributed by atoms with Crippen LogP contribution in [0.2, 0.25) is 0 Å². The maximum Gasteiger partial charge on any atom is 0.167 e. The number of ether oxygens (including phenoxy) is 2. The highest BCUT2D eigenvalue weighted by molar-refractivity contribution is 5.81. The number of nitrogen functional groups attached to an aromatic ring is 1. The van der Waals surface area contributed by atoms with E-state index in [2.05, 4.69) is 27.1 Å². The molecule has 128 valence electrons. The lowest BCUT2D eigenvalue weighted by Gasteiger charge is -2.22. The molecule has 3 N–H and O–H groups in total. The van der Waals surface area contributed by atoms with Crippen molar-refractivity contribution in [1.29, 1.82) is 0 Å². The normalized spacial score (nSPS) is 16.5. The molecular formula is C16H21N5O3. The molecule has 1 unspecified atom stereocenters. The number of imidazole rings is 1. The molecule has 1 aliphatic carbocycles. The van der Waals surface area contributed by atoms with E-state index in [9.17, 15) is 5.11 Å². The van der Waals surface area contributed by atoms with Crippen LogP contribution in [0.5, 0.6) is 0 Å². The molecule has 2 aromatic heterocycles. The largest absolute Gasteiger partial charge is 0.389 e. The second-order valence-electron chi connectivity index (χ2n) is 5.59. The van der Waals surface area contributed by atoms with E-state index in [1.165, 1.54) is 11.9 Å². The van der Waals surface area contributed by atoms with Gasteiger partial charge in [-0.3, -0.25) is 4.57 Å². The monoisotopic (exact) mass is 331 g/mol. The molecule has 8 nitrogen and oxygen atoms in total. The van der Waals surface area contributed by atoms with E-state index in [1.54, 1.807) is 17.8 Å². The minimum atomic E-state index is -0.750. The molecule has 0 bridgehead atoms. The van der Waals surface area contributed by atoms with E-state index >= 15 is 0 Å². The summed E-state index contributed by atoms with van der Waals surface area (Å²) in [5.41, 5.74) is 8.04. The minimum absolute atomic E-state index is 0.296. The minimum Gasteiger partial charge on any atom is -0.389 e. The van der Waals surface area contributed by atoms with E-state index in [1.807, 2.05) is 6.08 Å². The molecule has 3 rings (SSSR count). The van der Waals surface area contributed by atoms with Crippen LogP contribution >= 0.6 is 0 Å². The van der Waals surface area contributed by atoms with Gasteiger partial charge >= 0.3 is 0 Å². The summed E-state index contributed by atoms with van der Waals surface area (Å²) in [5.74, 6) is 0.296. The van der Waals surface area contributed by atoms with Gasteiger partial charge in [-0.1, -0.05) is 18.2 Å². The smallest absolute Gasteiger partial charge is 0.167 e. The molecule has 0 spiro atoms. The van der Waals surface area contributed by atoms with E-state index in [-0.39, 0.29) is 0 Å². The highest BCUT2D eigenvalue weighted by Gasteiger charge is 2.21. The van der Waals surface area contributed by atoms with E-state index in [0.29, 0.717) is 36.8 Å². The van der Waals surface area contributed by atoms with Crippen LogP contribution in [0.1, 0.15) is 19.6 Å². The van der Waals surface area contributed by atoms with Crippen LogP contribution in [0.25, 0.3) is 11.2 Å². The number of nitrogens with zero attached hydrogens (tertiary/aromatic N) is 4. The fraction of sp³-hybridized carbons (Fsp3) is 0.438. The summed E-state index contributed by atoms with van der Waals surface area (Å²) in [6.07, 6.45) is 8.65. The fourth-order valence-electron chi connectivity index (χ4n) is 2.54. The number of fused-ring (bicyclic) bond motifs is 1. The quantitative estimate of drug-likeness (QED) is 0.700. The maximum absolute atomic E-state index is 10.0. The second kappa shape index (κ2) is 7.52. The molecule has 2 aromatic rings. The first kappa shape index (κ1) is 16.6.